The Bertz CT molecular complexity index is 837. The molecule has 1 aromatic carbocycles. The van der Waals surface area contributed by atoms with Gasteiger partial charge in [-0.1, -0.05) is 0 Å². The van der Waals surface area contributed by atoms with E-state index in [1.165, 1.54) is 0 Å². The molecule has 4 rings (SSSR count). The third-order valence-corrected chi connectivity index (χ3v) is 5.40. The summed E-state index contributed by atoms with van der Waals surface area (Å²) in [5.41, 5.74) is 2.58. The summed E-state index contributed by atoms with van der Waals surface area (Å²) in [7, 11) is 0. The van der Waals surface area contributed by atoms with E-state index < -0.39 is 0 Å². The molecular formula is C20H26N4O2. The molecule has 1 saturated carbocycles. The standard InChI is InChI=1S/C20H26N4O2/c1-14(2)24-13-21-17-12-16(6-7-18(17)24)20(26)23-9-3-8-22(10-11-23)19(25)15-4-5-15/h6-7,12-15H,3-5,8-11H2,1-2H3. The Labute approximate surface area is 153 Å². The number of imidazole rings is 1. The topological polar surface area (TPSA) is 58.4 Å². The summed E-state index contributed by atoms with van der Waals surface area (Å²) >= 11 is 0. The molecule has 6 nitrogen and oxygen atoms in total. The maximum absolute atomic E-state index is 12.9. The summed E-state index contributed by atoms with van der Waals surface area (Å²) in [6, 6.07) is 6.09. The van der Waals surface area contributed by atoms with Gasteiger partial charge in [0.2, 0.25) is 5.91 Å². The van der Waals surface area contributed by atoms with Gasteiger partial charge < -0.3 is 14.4 Å². The lowest BCUT2D eigenvalue weighted by molar-refractivity contribution is -0.132. The molecule has 1 aliphatic carbocycles. The van der Waals surface area contributed by atoms with Gasteiger partial charge >= 0.3 is 0 Å². The molecule has 2 aromatic rings. The molecule has 1 aromatic heterocycles. The van der Waals surface area contributed by atoms with Crippen molar-refractivity contribution in [1.82, 2.24) is 19.4 Å². The minimum Gasteiger partial charge on any atom is -0.341 e. The Morgan fingerprint density at radius 1 is 1.08 bits per heavy atom. The van der Waals surface area contributed by atoms with Crippen molar-refractivity contribution in [2.75, 3.05) is 26.2 Å². The first-order valence-electron chi connectivity index (χ1n) is 9.59. The van der Waals surface area contributed by atoms with Crippen LogP contribution in [-0.4, -0.2) is 57.3 Å². The molecule has 0 radical (unpaired) electrons. The molecule has 6 heteroatoms. The molecule has 0 N–H and O–H groups in total. The number of carbonyl (C=O) groups excluding carboxylic acids is 2. The maximum atomic E-state index is 12.9. The number of amides is 2. The highest BCUT2D eigenvalue weighted by Crippen LogP contribution is 2.31. The predicted octanol–water partition coefficient (Wildman–Crippen LogP) is 2.70. The molecule has 2 fully saturated rings. The Kier molecular flexibility index (Phi) is 4.42. The summed E-state index contributed by atoms with van der Waals surface area (Å²) in [5.74, 6) is 0.558. The Morgan fingerprint density at radius 3 is 2.54 bits per heavy atom. The highest BCUT2D eigenvalue weighted by atomic mass is 16.2. The first kappa shape index (κ1) is 17.1. The van der Waals surface area contributed by atoms with Gasteiger partial charge in [-0.3, -0.25) is 9.59 Å². The highest BCUT2D eigenvalue weighted by molar-refractivity contribution is 5.97. The number of hydrogen-bond donors (Lipinski definition) is 0. The molecular weight excluding hydrogens is 328 g/mol. The lowest BCUT2D eigenvalue weighted by Crippen LogP contribution is -2.37. The van der Waals surface area contributed by atoms with Gasteiger partial charge in [-0.05, 0) is 51.3 Å². The van der Waals surface area contributed by atoms with Crippen LogP contribution < -0.4 is 0 Å². The fraction of sp³-hybridized carbons (Fsp3) is 0.550. The minimum absolute atomic E-state index is 0.0340. The molecule has 2 heterocycles. The van der Waals surface area contributed by atoms with Crippen molar-refractivity contribution < 1.29 is 9.59 Å². The summed E-state index contributed by atoms with van der Waals surface area (Å²) < 4.78 is 2.11. The lowest BCUT2D eigenvalue weighted by Gasteiger charge is -2.22. The van der Waals surface area contributed by atoms with Crippen LogP contribution in [0.5, 0.6) is 0 Å². The number of hydrogen-bond acceptors (Lipinski definition) is 3. The van der Waals surface area contributed by atoms with E-state index in [0.717, 1.165) is 36.8 Å². The van der Waals surface area contributed by atoms with Gasteiger partial charge in [-0.15, -0.1) is 0 Å². The van der Waals surface area contributed by atoms with E-state index in [0.29, 0.717) is 31.2 Å². The fourth-order valence-electron chi connectivity index (χ4n) is 3.69. The monoisotopic (exact) mass is 354 g/mol. The van der Waals surface area contributed by atoms with E-state index in [1.54, 1.807) is 0 Å². The quantitative estimate of drug-likeness (QED) is 0.851. The second-order valence-corrected chi connectivity index (χ2v) is 7.69. The molecule has 1 saturated heterocycles. The van der Waals surface area contributed by atoms with Crippen LogP contribution in [-0.2, 0) is 4.79 Å². The van der Waals surface area contributed by atoms with Crippen molar-refractivity contribution in [3.8, 4) is 0 Å². The van der Waals surface area contributed by atoms with E-state index in [-0.39, 0.29) is 17.7 Å². The van der Waals surface area contributed by atoms with Gasteiger partial charge in [0.25, 0.3) is 5.91 Å². The number of nitrogens with zero attached hydrogens (tertiary/aromatic N) is 4. The second kappa shape index (κ2) is 6.74. The molecule has 2 amide bonds. The van der Waals surface area contributed by atoms with Crippen LogP contribution in [0.15, 0.2) is 24.5 Å². The lowest BCUT2D eigenvalue weighted by atomic mass is 10.1. The molecule has 1 aliphatic heterocycles. The highest BCUT2D eigenvalue weighted by Gasteiger charge is 2.34. The zero-order valence-electron chi connectivity index (χ0n) is 15.5. The predicted molar refractivity (Wildman–Crippen MR) is 99.9 cm³/mol. The molecule has 26 heavy (non-hydrogen) atoms. The third kappa shape index (κ3) is 3.20. The van der Waals surface area contributed by atoms with Gasteiger partial charge in [0.15, 0.2) is 0 Å². The van der Waals surface area contributed by atoms with Crippen LogP contribution in [0.1, 0.15) is 49.5 Å². The first-order chi connectivity index (χ1) is 12.5. The van der Waals surface area contributed by atoms with Gasteiger partial charge in [-0.2, -0.15) is 0 Å². The fourth-order valence-corrected chi connectivity index (χ4v) is 3.69. The van der Waals surface area contributed by atoms with Crippen molar-refractivity contribution >= 4 is 22.8 Å². The normalized spacial score (nSPS) is 18.4. The average molecular weight is 354 g/mol. The summed E-state index contributed by atoms with van der Waals surface area (Å²) in [6.07, 6.45) is 4.73. The number of fused-ring (bicyclic) bond motifs is 1. The molecule has 0 bridgehead atoms. The van der Waals surface area contributed by atoms with E-state index in [4.69, 9.17) is 0 Å². The number of aromatic nitrogens is 2. The van der Waals surface area contributed by atoms with Crippen molar-refractivity contribution in [3.63, 3.8) is 0 Å². The second-order valence-electron chi connectivity index (χ2n) is 7.69. The van der Waals surface area contributed by atoms with E-state index in [9.17, 15) is 9.59 Å². The molecule has 2 aliphatic rings. The largest absolute Gasteiger partial charge is 0.341 e. The Hall–Kier alpha value is -2.37. The molecule has 0 unspecified atom stereocenters. The van der Waals surface area contributed by atoms with Gasteiger partial charge in [0.1, 0.15) is 0 Å². The maximum Gasteiger partial charge on any atom is 0.253 e. The van der Waals surface area contributed by atoms with E-state index >= 15 is 0 Å². The number of rotatable bonds is 3. The Balaban J connectivity index is 1.48. The van der Waals surface area contributed by atoms with Crippen molar-refractivity contribution in [2.45, 2.75) is 39.2 Å². The molecule has 0 spiro atoms. The summed E-state index contributed by atoms with van der Waals surface area (Å²) in [4.78, 5) is 33.5. The van der Waals surface area contributed by atoms with Crippen LogP contribution in [0.25, 0.3) is 11.0 Å². The zero-order chi connectivity index (χ0) is 18.3. The van der Waals surface area contributed by atoms with E-state index in [2.05, 4.69) is 23.4 Å². The number of carbonyl (C=O) groups is 2. The number of benzene rings is 1. The smallest absolute Gasteiger partial charge is 0.253 e. The van der Waals surface area contributed by atoms with Crippen LogP contribution in [0.4, 0.5) is 0 Å². The summed E-state index contributed by atoms with van der Waals surface area (Å²) in [5, 5.41) is 0. The third-order valence-electron chi connectivity index (χ3n) is 5.40. The van der Waals surface area contributed by atoms with Crippen molar-refractivity contribution in [3.05, 3.63) is 30.1 Å². The van der Waals surface area contributed by atoms with Crippen LogP contribution in [0.3, 0.4) is 0 Å². The Morgan fingerprint density at radius 2 is 1.81 bits per heavy atom. The van der Waals surface area contributed by atoms with Gasteiger partial charge in [0, 0.05) is 43.7 Å². The minimum atomic E-state index is 0.0340. The summed E-state index contributed by atoms with van der Waals surface area (Å²) in [6.45, 7) is 6.95. The van der Waals surface area contributed by atoms with Crippen LogP contribution in [0.2, 0.25) is 0 Å². The van der Waals surface area contributed by atoms with Crippen molar-refractivity contribution in [1.29, 1.82) is 0 Å². The zero-order valence-corrected chi connectivity index (χ0v) is 15.5. The SMILES string of the molecule is CC(C)n1cnc2cc(C(=O)N3CCCN(C(=O)C4CC4)CC3)ccc21. The van der Waals surface area contributed by atoms with Gasteiger partial charge in [-0.25, -0.2) is 4.98 Å². The molecule has 0 atom stereocenters. The van der Waals surface area contributed by atoms with Crippen LogP contribution >= 0.6 is 0 Å². The van der Waals surface area contributed by atoms with E-state index in [1.807, 2.05) is 34.3 Å². The van der Waals surface area contributed by atoms with Crippen LogP contribution in [0, 0.1) is 5.92 Å². The van der Waals surface area contributed by atoms with Crippen molar-refractivity contribution in [2.24, 2.45) is 5.92 Å². The first-order valence-corrected chi connectivity index (χ1v) is 9.59. The molecule has 138 valence electrons. The van der Waals surface area contributed by atoms with Gasteiger partial charge in [0.05, 0.1) is 17.4 Å². The average Bonchev–Trinajstić information content (AvgIpc) is 3.43.